The fourth-order valence-corrected chi connectivity index (χ4v) is 2.94. The van der Waals surface area contributed by atoms with E-state index < -0.39 is 5.82 Å². The van der Waals surface area contributed by atoms with Gasteiger partial charge >= 0.3 is 0 Å². The monoisotopic (exact) mass is 397 g/mol. The molecule has 29 heavy (non-hydrogen) atoms. The Bertz CT molecular complexity index is 912. The SMILES string of the molecule is C[C@H](NC(=O)CNC(=O)C1CC1)c1cccc(NC(=O)Cc2ccccc2F)c1. The molecule has 0 saturated heterocycles. The molecule has 0 bridgehead atoms. The van der Waals surface area contributed by atoms with Gasteiger partial charge in [0.15, 0.2) is 0 Å². The third kappa shape index (κ3) is 6.14. The maximum absolute atomic E-state index is 13.7. The van der Waals surface area contributed by atoms with Crippen LogP contribution in [0.5, 0.6) is 0 Å². The van der Waals surface area contributed by atoms with Crippen molar-refractivity contribution in [3.05, 3.63) is 65.5 Å². The van der Waals surface area contributed by atoms with E-state index in [0.717, 1.165) is 18.4 Å². The topological polar surface area (TPSA) is 87.3 Å². The Morgan fingerprint density at radius 3 is 2.55 bits per heavy atom. The molecule has 3 rings (SSSR count). The fraction of sp³-hybridized carbons (Fsp3) is 0.318. The number of anilines is 1. The number of benzene rings is 2. The van der Waals surface area contributed by atoms with Gasteiger partial charge in [-0.2, -0.15) is 0 Å². The fourth-order valence-electron chi connectivity index (χ4n) is 2.94. The second-order valence-corrected chi connectivity index (χ2v) is 7.22. The summed E-state index contributed by atoms with van der Waals surface area (Å²) in [6, 6.07) is 12.9. The summed E-state index contributed by atoms with van der Waals surface area (Å²) in [6.07, 6.45) is 1.71. The van der Waals surface area contributed by atoms with Crippen molar-refractivity contribution in [1.82, 2.24) is 10.6 Å². The molecule has 0 heterocycles. The Kier molecular flexibility index (Phi) is 6.59. The minimum absolute atomic E-state index is 0.0568. The van der Waals surface area contributed by atoms with Crippen LogP contribution in [-0.2, 0) is 20.8 Å². The van der Waals surface area contributed by atoms with Crippen molar-refractivity contribution in [2.45, 2.75) is 32.2 Å². The molecule has 0 radical (unpaired) electrons. The Labute approximate surface area is 168 Å². The molecule has 1 atom stereocenters. The molecule has 3 N–H and O–H groups in total. The van der Waals surface area contributed by atoms with Crippen molar-refractivity contribution in [2.75, 3.05) is 11.9 Å². The third-order valence-corrected chi connectivity index (χ3v) is 4.73. The van der Waals surface area contributed by atoms with Gasteiger partial charge in [-0.05, 0) is 49.1 Å². The molecule has 2 aromatic rings. The van der Waals surface area contributed by atoms with Crippen molar-refractivity contribution >= 4 is 23.4 Å². The number of halogens is 1. The Hall–Kier alpha value is -3.22. The van der Waals surface area contributed by atoms with Gasteiger partial charge in [-0.3, -0.25) is 14.4 Å². The number of rotatable bonds is 8. The first-order valence-electron chi connectivity index (χ1n) is 9.62. The van der Waals surface area contributed by atoms with E-state index in [2.05, 4.69) is 16.0 Å². The Balaban J connectivity index is 1.52. The van der Waals surface area contributed by atoms with Crippen LogP contribution in [0.1, 0.15) is 36.9 Å². The lowest BCUT2D eigenvalue weighted by atomic mass is 10.1. The van der Waals surface area contributed by atoms with Crippen LogP contribution < -0.4 is 16.0 Å². The first kappa shape index (κ1) is 20.5. The standard InChI is InChI=1S/C22H24FN3O3/c1-14(25-21(28)13-24-22(29)15-9-10-15)16-6-4-7-18(11-16)26-20(27)12-17-5-2-3-8-19(17)23/h2-8,11,14-15H,9-10,12-13H2,1H3,(H,24,29)(H,25,28)(H,26,27)/t14-/m0/s1. The highest BCUT2D eigenvalue weighted by molar-refractivity contribution is 5.92. The molecule has 1 saturated carbocycles. The van der Waals surface area contributed by atoms with Gasteiger partial charge < -0.3 is 16.0 Å². The average molecular weight is 397 g/mol. The number of carbonyl (C=O) groups excluding carboxylic acids is 3. The predicted molar refractivity (Wildman–Crippen MR) is 107 cm³/mol. The number of carbonyl (C=O) groups is 3. The zero-order valence-electron chi connectivity index (χ0n) is 16.2. The molecule has 1 aliphatic rings. The summed E-state index contributed by atoms with van der Waals surface area (Å²) in [6.45, 7) is 1.76. The number of nitrogens with one attached hydrogen (secondary N) is 3. The highest BCUT2D eigenvalue weighted by atomic mass is 19.1. The first-order chi connectivity index (χ1) is 13.9. The first-order valence-corrected chi connectivity index (χ1v) is 9.62. The zero-order valence-corrected chi connectivity index (χ0v) is 16.2. The van der Waals surface area contributed by atoms with Gasteiger partial charge in [0.1, 0.15) is 5.82 Å². The van der Waals surface area contributed by atoms with E-state index in [1.807, 2.05) is 13.0 Å². The van der Waals surface area contributed by atoms with Crippen LogP contribution in [0.4, 0.5) is 10.1 Å². The van der Waals surface area contributed by atoms with Gasteiger partial charge in [0.05, 0.1) is 19.0 Å². The maximum atomic E-state index is 13.7. The highest BCUT2D eigenvalue weighted by Gasteiger charge is 2.29. The summed E-state index contributed by atoms with van der Waals surface area (Å²) in [5.74, 6) is -1.04. The maximum Gasteiger partial charge on any atom is 0.239 e. The van der Waals surface area contributed by atoms with Crippen molar-refractivity contribution in [1.29, 1.82) is 0 Å². The third-order valence-electron chi connectivity index (χ3n) is 4.73. The molecule has 152 valence electrons. The van der Waals surface area contributed by atoms with Gasteiger partial charge in [0.2, 0.25) is 17.7 Å². The Morgan fingerprint density at radius 1 is 1.07 bits per heavy atom. The van der Waals surface area contributed by atoms with Crippen molar-refractivity contribution in [3.63, 3.8) is 0 Å². The molecule has 3 amide bonds. The molecule has 0 aromatic heterocycles. The summed E-state index contributed by atoms with van der Waals surface area (Å²) in [7, 11) is 0. The van der Waals surface area contributed by atoms with Gasteiger partial charge in [-0.1, -0.05) is 30.3 Å². The molecule has 1 aliphatic carbocycles. The van der Waals surface area contributed by atoms with Crippen molar-refractivity contribution < 1.29 is 18.8 Å². The van der Waals surface area contributed by atoms with Gasteiger partial charge in [0, 0.05) is 11.6 Å². The number of hydrogen-bond donors (Lipinski definition) is 3. The van der Waals surface area contributed by atoms with E-state index in [9.17, 15) is 18.8 Å². The second kappa shape index (κ2) is 9.32. The largest absolute Gasteiger partial charge is 0.348 e. The minimum atomic E-state index is -0.415. The smallest absolute Gasteiger partial charge is 0.239 e. The second-order valence-electron chi connectivity index (χ2n) is 7.22. The van der Waals surface area contributed by atoms with Crippen LogP contribution in [0, 0.1) is 11.7 Å². The number of amides is 3. The lowest BCUT2D eigenvalue weighted by Crippen LogP contribution is -2.38. The van der Waals surface area contributed by atoms with Crippen LogP contribution in [0.2, 0.25) is 0 Å². The summed E-state index contributed by atoms with van der Waals surface area (Å²) in [5, 5.41) is 8.20. The summed E-state index contributed by atoms with van der Waals surface area (Å²) in [4.78, 5) is 35.9. The molecular formula is C22H24FN3O3. The molecule has 2 aromatic carbocycles. The normalized spacial score (nSPS) is 14.0. The van der Waals surface area contributed by atoms with E-state index in [-0.39, 0.29) is 42.6 Å². The van der Waals surface area contributed by atoms with Crippen LogP contribution in [0.15, 0.2) is 48.5 Å². The van der Waals surface area contributed by atoms with Crippen LogP contribution >= 0.6 is 0 Å². The van der Waals surface area contributed by atoms with Gasteiger partial charge in [-0.15, -0.1) is 0 Å². The molecular weight excluding hydrogens is 373 g/mol. The predicted octanol–water partition coefficient (Wildman–Crippen LogP) is 2.71. The number of hydrogen-bond acceptors (Lipinski definition) is 3. The Morgan fingerprint density at radius 2 is 1.83 bits per heavy atom. The lowest BCUT2D eigenvalue weighted by molar-refractivity contribution is -0.127. The zero-order chi connectivity index (χ0) is 20.8. The quantitative estimate of drug-likeness (QED) is 0.640. The van der Waals surface area contributed by atoms with Gasteiger partial charge in [0.25, 0.3) is 0 Å². The highest BCUT2D eigenvalue weighted by Crippen LogP contribution is 2.28. The molecule has 1 fully saturated rings. The van der Waals surface area contributed by atoms with E-state index in [0.29, 0.717) is 11.3 Å². The molecule has 0 unspecified atom stereocenters. The molecule has 0 spiro atoms. The van der Waals surface area contributed by atoms with E-state index in [4.69, 9.17) is 0 Å². The van der Waals surface area contributed by atoms with E-state index >= 15 is 0 Å². The molecule has 7 heteroatoms. The molecule has 0 aliphatic heterocycles. The van der Waals surface area contributed by atoms with Crippen LogP contribution in [0.3, 0.4) is 0 Å². The summed E-state index contributed by atoms with van der Waals surface area (Å²) in [5.41, 5.74) is 1.69. The van der Waals surface area contributed by atoms with E-state index in [1.165, 1.54) is 6.07 Å². The molecule has 6 nitrogen and oxygen atoms in total. The van der Waals surface area contributed by atoms with Crippen LogP contribution in [0.25, 0.3) is 0 Å². The summed E-state index contributed by atoms with van der Waals surface area (Å²) < 4.78 is 13.7. The van der Waals surface area contributed by atoms with Crippen molar-refractivity contribution in [3.8, 4) is 0 Å². The van der Waals surface area contributed by atoms with Crippen LogP contribution in [-0.4, -0.2) is 24.3 Å². The van der Waals surface area contributed by atoms with Crippen molar-refractivity contribution in [2.24, 2.45) is 5.92 Å². The van der Waals surface area contributed by atoms with E-state index in [1.54, 1.807) is 36.4 Å². The summed E-state index contributed by atoms with van der Waals surface area (Å²) >= 11 is 0. The average Bonchev–Trinajstić information content (AvgIpc) is 3.53. The van der Waals surface area contributed by atoms with Gasteiger partial charge in [-0.25, -0.2) is 4.39 Å². The lowest BCUT2D eigenvalue weighted by Gasteiger charge is -2.16. The minimum Gasteiger partial charge on any atom is -0.348 e.